The van der Waals surface area contributed by atoms with Crippen LogP contribution in [0.1, 0.15) is 19.3 Å². The lowest BCUT2D eigenvalue weighted by Crippen LogP contribution is -2.39. The second-order valence-corrected chi connectivity index (χ2v) is 6.06. The van der Waals surface area contributed by atoms with Crippen molar-refractivity contribution < 1.29 is 0 Å². The van der Waals surface area contributed by atoms with Gasteiger partial charge in [0.2, 0.25) is 0 Å². The maximum absolute atomic E-state index is 12.5. The molecule has 0 radical (unpaired) electrons. The van der Waals surface area contributed by atoms with Gasteiger partial charge in [-0.1, -0.05) is 17.3 Å². The summed E-state index contributed by atoms with van der Waals surface area (Å²) in [4.78, 5) is 14.8. The Morgan fingerprint density at radius 3 is 3.00 bits per heavy atom. The van der Waals surface area contributed by atoms with E-state index >= 15 is 0 Å². The average molecular weight is 285 g/mol. The fourth-order valence-corrected chi connectivity index (χ4v) is 3.45. The first-order valence-electron chi connectivity index (χ1n) is 7.60. The first kappa shape index (κ1) is 12.9. The van der Waals surface area contributed by atoms with Crippen LogP contribution in [0.5, 0.6) is 0 Å². The minimum Gasteiger partial charge on any atom is -0.310 e. The second kappa shape index (κ2) is 5.20. The third-order valence-electron chi connectivity index (χ3n) is 4.57. The Hall–Kier alpha value is -1.79. The molecule has 110 valence electrons. The first-order chi connectivity index (χ1) is 10.3. The molecule has 1 aromatic heterocycles. The summed E-state index contributed by atoms with van der Waals surface area (Å²) in [5.74, 6) is 0. The van der Waals surface area contributed by atoms with Gasteiger partial charge >= 0.3 is 0 Å². The molecule has 1 aromatic carbocycles. The Labute approximate surface area is 122 Å². The van der Waals surface area contributed by atoms with Gasteiger partial charge in [0.25, 0.3) is 5.56 Å². The molecule has 0 spiro atoms. The molecular formula is C15H19N5O. The van der Waals surface area contributed by atoms with Crippen molar-refractivity contribution in [3.05, 3.63) is 34.6 Å². The number of fused-ring (bicyclic) bond motifs is 3. The van der Waals surface area contributed by atoms with E-state index < -0.39 is 0 Å². The molecule has 2 aliphatic rings. The van der Waals surface area contributed by atoms with Crippen molar-refractivity contribution in [2.75, 3.05) is 13.1 Å². The van der Waals surface area contributed by atoms with Gasteiger partial charge in [0.15, 0.2) is 0 Å². The maximum Gasteiger partial charge on any atom is 0.278 e. The van der Waals surface area contributed by atoms with Crippen molar-refractivity contribution in [1.29, 1.82) is 0 Å². The summed E-state index contributed by atoms with van der Waals surface area (Å²) in [6.07, 6.45) is 3.67. The molecule has 2 bridgehead atoms. The molecule has 0 amide bonds. The lowest BCUT2D eigenvalue weighted by molar-refractivity contribution is 0.190. The average Bonchev–Trinajstić information content (AvgIpc) is 2.84. The Morgan fingerprint density at radius 2 is 2.05 bits per heavy atom. The molecule has 2 fully saturated rings. The van der Waals surface area contributed by atoms with Gasteiger partial charge in [-0.05, 0) is 31.4 Å². The lowest BCUT2D eigenvalue weighted by Gasteiger charge is -2.23. The summed E-state index contributed by atoms with van der Waals surface area (Å²) in [5, 5.41) is 12.5. The van der Waals surface area contributed by atoms with E-state index in [1.165, 1.54) is 17.5 Å². The SMILES string of the molecule is O=c1c2ccccc2nnn1CN1CCC2CCC(C1)N2. The van der Waals surface area contributed by atoms with Gasteiger partial charge in [-0.25, -0.2) is 0 Å². The summed E-state index contributed by atoms with van der Waals surface area (Å²) >= 11 is 0. The summed E-state index contributed by atoms with van der Waals surface area (Å²) < 4.78 is 1.49. The summed E-state index contributed by atoms with van der Waals surface area (Å²) in [6, 6.07) is 8.58. The normalized spacial score (nSPS) is 26.1. The zero-order chi connectivity index (χ0) is 14.2. The van der Waals surface area contributed by atoms with Crippen LogP contribution in [0.3, 0.4) is 0 Å². The zero-order valence-corrected chi connectivity index (χ0v) is 11.9. The number of benzene rings is 1. The van der Waals surface area contributed by atoms with Gasteiger partial charge in [-0.3, -0.25) is 9.69 Å². The molecule has 21 heavy (non-hydrogen) atoms. The van der Waals surface area contributed by atoms with Crippen LogP contribution in [-0.4, -0.2) is 45.1 Å². The second-order valence-electron chi connectivity index (χ2n) is 6.06. The minimum absolute atomic E-state index is 0.0528. The molecule has 4 rings (SSSR count). The van der Waals surface area contributed by atoms with E-state index in [0.29, 0.717) is 29.7 Å². The van der Waals surface area contributed by atoms with E-state index in [-0.39, 0.29) is 5.56 Å². The van der Waals surface area contributed by atoms with Crippen LogP contribution in [-0.2, 0) is 6.67 Å². The van der Waals surface area contributed by atoms with E-state index in [0.717, 1.165) is 19.5 Å². The van der Waals surface area contributed by atoms with Crippen LogP contribution in [0.15, 0.2) is 29.1 Å². The Balaban J connectivity index is 1.59. The Morgan fingerprint density at radius 1 is 1.19 bits per heavy atom. The number of hydrogen-bond acceptors (Lipinski definition) is 5. The van der Waals surface area contributed by atoms with Crippen molar-refractivity contribution >= 4 is 10.9 Å². The molecule has 2 saturated heterocycles. The van der Waals surface area contributed by atoms with Crippen molar-refractivity contribution in [3.8, 4) is 0 Å². The van der Waals surface area contributed by atoms with E-state index in [4.69, 9.17) is 0 Å². The molecule has 6 nitrogen and oxygen atoms in total. The van der Waals surface area contributed by atoms with Crippen molar-refractivity contribution in [2.45, 2.75) is 38.0 Å². The van der Waals surface area contributed by atoms with Crippen LogP contribution in [0, 0.1) is 0 Å². The number of aromatic nitrogens is 3. The smallest absolute Gasteiger partial charge is 0.278 e. The highest BCUT2D eigenvalue weighted by atomic mass is 16.1. The maximum atomic E-state index is 12.5. The largest absolute Gasteiger partial charge is 0.310 e. The topological polar surface area (TPSA) is 63.1 Å². The number of nitrogens with one attached hydrogen (secondary N) is 1. The molecular weight excluding hydrogens is 266 g/mol. The van der Waals surface area contributed by atoms with Gasteiger partial charge in [0, 0.05) is 25.2 Å². The van der Waals surface area contributed by atoms with E-state index in [9.17, 15) is 4.79 Å². The first-order valence-corrected chi connectivity index (χ1v) is 7.60. The Kier molecular flexibility index (Phi) is 3.20. The lowest BCUT2D eigenvalue weighted by atomic mass is 10.1. The standard InChI is InChI=1S/C15H19N5O/c21-15-13-3-1-2-4-14(13)17-18-20(15)10-19-8-7-11-5-6-12(9-19)16-11/h1-4,11-12,16H,5-10H2. The highest BCUT2D eigenvalue weighted by Gasteiger charge is 2.29. The van der Waals surface area contributed by atoms with E-state index in [1.54, 1.807) is 0 Å². The number of nitrogens with zero attached hydrogens (tertiary/aromatic N) is 4. The highest BCUT2D eigenvalue weighted by Crippen LogP contribution is 2.20. The number of likely N-dealkylation sites (tertiary alicyclic amines) is 1. The van der Waals surface area contributed by atoms with Crippen LogP contribution in [0.4, 0.5) is 0 Å². The molecule has 2 aliphatic heterocycles. The number of rotatable bonds is 2. The van der Waals surface area contributed by atoms with Gasteiger partial charge in [-0.2, -0.15) is 4.68 Å². The molecule has 6 heteroatoms. The fourth-order valence-electron chi connectivity index (χ4n) is 3.45. The van der Waals surface area contributed by atoms with Gasteiger partial charge < -0.3 is 5.32 Å². The zero-order valence-electron chi connectivity index (χ0n) is 11.9. The predicted octanol–water partition coefficient (Wildman–Crippen LogP) is 0.575. The molecule has 0 aliphatic carbocycles. The van der Waals surface area contributed by atoms with Crippen molar-refractivity contribution in [2.24, 2.45) is 0 Å². The summed E-state index contributed by atoms with van der Waals surface area (Å²) in [6.45, 7) is 2.52. The molecule has 0 saturated carbocycles. The quantitative estimate of drug-likeness (QED) is 0.874. The van der Waals surface area contributed by atoms with Gasteiger partial charge in [-0.15, -0.1) is 5.10 Å². The summed E-state index contributed by atoms with van der Waals surface area (Å²) in [7, 11) is 0. The van der Waals surface area contributed by atoms with Crippen LogP contribution < -0.4 is 10.9 Å². The third kappa shape index (κ3) is 2.45. The molecule has 2 unspecified atom stereocenters. The van der Waals surface area contributed by atoms with Gasteiger partial charge in [0.1, 0.15) is 5.52 Å². The Bertz CT molecular complexity index is 713. The highest BCUT2D eigenvalue weighted by molar-refractivity contribution is 5.76. The molecule has 3 heterocycles. The van der Waals surface area contributed by atoms with E-state index in [1.807, 2.05) is 24.3 Å². The molecule has 1 N–H and O–H groups in total. The minimum atomic E-state index is -0.0528. The van der Waals surface area contributed by atoms with E-state index in [2.05, 4.69) is 20.5 Å². The third-order valence-corrected chi connectivity index (χ3v) is 4.57. The molecule has 2 atom stereocenters. The van der Waals surface area contributed by atoms with Crippen LogP contribution in [0.25, 0.3) is 10.9 Å². The van der Waals surface area contributed by atoms with Crippen molar-refractivity contribution in [3.63, 3.8) is 0 Å². The fraction of sp³-hybridized carbons (Fsp3) is 0.533. The van der Waals surface area contributed by atoms with Gasteiger partial charge in [0.05, 0.1) is 12.1 Å². The molecule has 2 aromatic rings. The number of hydrogen-bond donors (Lipinski definition) is 1. The van der Waals surface area contributed by atoms with Crippen molar-refractivity contribution in [1.82, 2.24) is 25.2 Å². The van der Waals surface area contributed by atoms with Crippen LogP contribution >= 0.6 is 0 Å². The summed E-state index contributed by atoms with van der Waals surface area (Å²) in [5.41, 5.74) is 0.610. The predicted molar refractivity (Wildman–Crippen MR) is 79.9 cm³/mol. The van der Waals surface area contributed by atoms with Crippen LogP contribution in [0.2, 0.25) is 0 Å². The monoisotopic (exact) mass is 285 g/mol.